The van der Waals surface area contributed by atoms with Gasteiger partial charge in [-0.25, -0.2) is 0 Å². The number of nitrogens with zero attached hydrogens (tertiary/aromatic N) is 4. The number of carbonyl (C=O) groups excluding carboxylic acids is 1. The van der Waals surface area contributed by atoms with E-state index in [9.17, 15) is 20.4 Å². The van der Waals surface area contributed by atoms with Crippen LogP contribution in [0.1, 0.15) is 76.0 Å². The quantitative estimate of drug-likeness (QED) is 0.160. The first kappa shape index (κ1) is 37.7. The van der Waals surface area contributed by atoms with Gasteiger partial charge >= 0.3 is 0 Å². The monoisotopic (exact) mass is 787 g/mol. The van der Waals surface area contributed by atoms with Gasteiger partial charge in [0.1, 0.15) is 0 Å². The van der Waals surface area contributed by atoms with Gasteiger partial charge in [0.15, 0.2) is 24.8 Å². The molecule has 11 heteroatoms. The second-order valence-electron chi connectivity index (χ2n) is 14.8. The molecule has 56 heavy (non-hydrogen) atoms. The lowest BCUT2D eigenvalue weighted by molar-refractivity contribution is -0.608. The highest BCUT2D eigenvalue weighted by atomic mass is 35.5. The molecule has 1 amide bonds. The van der Waals surface area contributed by atoms with E-state index in [2.05, 4.69) is 23.5 Å². The summed E-state index contributed by atoms with van der Waals surface area (Å²) in [5.41, 5.74) is 13.9. The number of carbonyl (C=O) groups is 1. The first-order valence-corrected chi connectivity index (χ1v) is 20.1. The number of aromatic nitrogens is 3. The maximum Gasteiger partial charge on any atom is 0.227 e. The number of halogens is 2. The molecular weight excluding hydrogens is 745 g/mol. The number of piperidine rings is 2. The van der Waals surface area contributed by atoms with Crippen LogP contribution in [0.5, 0.6) is 0 Å². The Kier molecular flexibility index (Phi) is 11.1. The van der Waals surface area contributed by atoms with Gasteiger partial charge in [-0.1, -0.05) is 46.5 Å². The molecule has 2 aliphatic carbocycles. The van der Waals surface area contributed by atoms with Gasteiger partial charge in [-0.2, -0.15) is 14.2 Å². The van der Waals surface area contributed by atoms with Crippen LogP contribution >= 0.6 is 23.2 Å². The average molecular weight is 789 g/mol. The summed E-state index contributed by atoms with van der Waals surface area (Å²) in [6.07, 6.45) is 13.1. The molecule has 9 nitrogen and oxygen atoms in total. The second-order valence-corrected chi connectivity index (χ2v) is 15.7. The second kappa shape index (κ2) is 16.5. The van der Waals surface area contributed by atoms with Crippen LogP contribution in [0.15, 0.2) is 109 Å². The summed E-state index contributed by atoms with van der Waals surface area (Å²) >= 11 is 12.5. The molecule has 3 aromatic heterocycles. The molecule has 4 aliphatic rings. The number of benzene rings is 2. The number of aryl methyl sites for hydroxylation is 4. The van der Waals surface area contributed by atoms with Crippen molar-refractivity contribution in [1.82, 2.24) is 10.2 Å². The number of hydrogen-bond donors (Lipinski definition) is 1. The topological polar surface area (TPSA) is 113 Å². The summed E-state index contributed by atoms with van der Waals surface area (Å²) in [7, 11) is 0. The summed E-state index contributed by atoms with van der Waals surface area (Å²) in [5.74, 6) is 0.0510. The third kappa shape index (κ3) is 7.89. The summed E-state index contributed by atoms with van der Waals surface area (Å²) in [4.78, 5) is 14.7. The van der Waals surface area contributed by atoms with Crippen molar-refractivity contribution in [1.29, 1.82) is 0 Å². The van der Waals surface area contributed by atoms with Crippen LogP contribution in [0.3, 0.4) is 0 Å². The predicted octanol–water partition coefficient (Wildman–Crippen LogP) is 6.63. The number of nitrogens with one attached hydrogen (secondary N) is 1. The first-order valence-electron chi connectivity index (χ1n) is 19.3. The lowest BCUT2D eigenvalue weighted by Gasteiger charge is -2.30. The fourth-order valence-electron chi connectivity index (χ4n) is 8.65. The Balaban J connectivity index is 0.000000168. The van der Waals surface area contributed by atoms with E-state index >= 15 is 0 Å². The molecule has 0 saturated carbocycles. The van der Waals surface area contributed by atoms with Crippen molar-refractivity contribution in [3.63, 3.8) is 0 Å². The van der Waals surface area contributed by atoms with Crippen LogP contribution in [0.2, 0.25) is 10.0 Å². The lowest BCUT2D eigenvalue weighted by atomic mass is 9.88. The van der Waals surface area contributed by atoms with E-state index in [0.29, 0.717) is 35.7 Å². The molecule has 0 bridgehead atoms. The Morgan fingerprint density at radius 1 is 0.607 bits per heavy atom. The van der Waals surface area contributed by atoms with E-state index in [1.165, 1.54) is 34.7 Å². The zero-order chi connectivity index (χ0) is 38.8. The molecule has 1 N–H and O–H groups in total. The van der Waals surface area contributed by atoms with Crippen molar-refractivity contribution in [2.75, 3.05) is 26.2 Å². The average Bonchev–Trinajstić information content (AvgIpc) is 3.48. The fraction of sp³-hybridized carbons (Fsp3) is 0.289. The van der Waals surface area contributed by atoms with E-state index < -0.39 is 0 Å². The fourth-order valence-corrected chi connectivity index (χ4v) is 9.04. The van der Waals surface area contributed by atoms with Crippen molar-refractivity contribution >= 4 is 40.3 Å². The van der Waals surface area contributed by atoms with Gasteiger partial charge in [0.05, 0.1) is 17.6 Å². The minimum atomic E-state index is 0.0510. The van der Waals surface area contributed by atoms with E-state index in [1.54, 1.807) is 30.6 Å². The van der Waals surface area contributed by atoms with Gasteiger partial charge in [0.2, 0.25) is 17.3 Å². The number of likely N-dealkylation sites (tertiary alicyclic amines) is 1. The van der Waals surface area contributed by atoms with Gasteiger partial charge in [0, 0.05) is 58.5 Å². The molecule has 5 aromatic rings. The highest BCUT2D eigenvalue weighted by Gasteiger charge is 2.31. The molecule has 0 atom stereocenters. The van der Waals surface area contributed by atoms with E-state index in [-0.39, 0.29) is 12.3 Å². The van der Waals surface area contributed by atoms with Crippen LogP contribution in [-0.2, 0) is 36.9 Å². The van der Waals surface area contributed by atoms with Gasteiger partial charge < -0.3 is 25.8 Å². The Bertz CT molecular complexity index is 2360. The molecule has 0 spiro atoms. The molecule has 9 rings (SSSR count). The number of amides is 1. The SMILES string of the molecule is O=C(Cc1cc[n+]([O-])cc1)N1CCC(=C2c3ccc(Cl)cc3CCc3ccc[n+]([O-])c32)CC1.[O-][n+]1cccc2c1C(=C1CCNCC1)c1ccc(Cl)cc1CC2. The van der Waals surface area contributed by atoms with E-state index in [0.717, 1.165) is 116 Å². The third-order valence-electron chi connectivity index (χ3n) is 11.4. The molecule has 5 heterocycles. The minimum Gasteiger partial charge on any atom is -0.619 e. The lowest BCUT2D eigenvalue weighted by Crippen LogP contribution is -2.38. The zero-order valence-electron chi connectivity index (χ0n) is 31.1. The standard InChI is InChI=1S/C26H24ClN3O3.C19H19ClN2O/c27-22-5-6-23-21(17-22)4-3-20-2-1-11-30(33)26(20)25(23)19-9-12-28(13-10-19)24(31)16-18-7-14-29(32)15-8-18;20-16-5-6-17-15(12-16)4-3-14-2-1-11-22(23)19(14)18(17)13-7-9-21-10-8-13/h1-2,5-8,11,14-15,17H,3-4,9-10,12-13,16H2;1-2,5-6,11-12,21H,3-4,7-10H2. The van der Waals surface area contributed by atoms with Gasteiger partial charge in [-0.05, 0) is 129 Å². The highest BCUT2D eigenvalue weighted by Crippen LogP contribution is 2.39. The third-order valence-corrected chi connectivity index (χ3v) is 11.9. The normalized spacial score (nSPS) is 16.4. The largest absolute Gasteiger partial charge is 0.619 e. The van der Waals surface area contributed by atoms with Crippen LogP contribution in [0.4, 0.5) is 0 Å². The van der Waals surface area contributed by atoms with E-state index in [1.807, 2.05) is 41.3 Å². The highest BCUT2D eigenvalue weighted by molar-refractivity contribution is 6.31. The maximum atomic E-state index is 12.9. The van der Waals surface area contributed by atoms with Crippen molar-refractivity contribution < 1.29 is 19.0 Å². The van der Waals surface area contributed by atoms with E-state index in [4.69, 9.17) is 23.2 Å². The number of rotatable bonds is 2. The minimum absolute atomic E-state index is 0.0510. The Morgan fingerprint density at radius 2 is 1.09 bits per heavy atom. The van der Waals surface area contributed by atoms with Gasteiger partial charge in [-0.15, -0.1) is 0 Å². The van der Waals surface area contributed by atoms with Crippen LogP contribution in [0.25, 0.3) is 11.1 Å². The summed E-state index contributed by atoms with van der Waals surface area (Å²) < 4.78 is 2.74. The zero-order valence-corrected chi connectivity index (χ0v) is 32.6. The molecule has 2 fully saturated rings. The predicted molar refractivity (Wildman–Crippen MR) is 218 cm³/mol. The first-order chi connectivity index (χ1) is 27.2. The molecule has 0 radical (unpaired) electrons. The Morgan fingerprint density at radius 3 is 1.61 bits per heavy atom. The van der Waals surface area contributed by atoms with Crippen LogP contribution in [-0.4, -0.2) is 37.0 Å². The number of pyridine rings is 3. The Hall–Kier alpha value is -5.22. The molecule has 286 valence electrons. The van der Waals surface area contributed by atoms with Crippen molar-refractivity contribution in [2.24, 2.45) is 0 Å². The van der Waals surface area contributed by atoms with Crippen LogP contribution < -0.4 is 19.5 Å². The summed E-state index contributed by atoms with van der Waals surface area (Å²) in [5, 5.41) is 41.6. The van der Waals surface area contributed by atoms with Gasteiger partial charge in [-0.3, -0.25) is 4.79 Å². The van der Waals surface area contributed by atoms with Crippen LogP contribution in [0, 0.1) is 15.6 Å². The maximum absolute atomic E-state index is 12.9. The summed E-state index contributed by atoms with van der Waals surface area (Å²) in [6, 6.07) is 23.1. The molecule has 2 saturated heterocycles. The van der Waals surface area contributed by atoms with Gasteiger partial charge in [0.25, 0.3) is 0 Å². The number of fused-ring (bicyclic) bond motifs is 4. The van der Waals surface area contributed by atoms with Crippen molar-refractivity contribution in [3.8, 4) is 0 Å². The Labute approximate surface area is 336 Å². The van der Waals surface area contributed by atoms with Crippen molar-refractivity contribution in [3.05, 3.63) is 185 Å². The molecular formula is C45H43Cl2N5O4. The molecule has 2 aliphatic heterocycles. The summed E-state index contributed by atoms with van der Waals surface area (Å²) in [6.45, 7) is 3.16. The smallest absolute Gasteiger partial charge is 0.227 e. The number of hydrogen-bond acceptors (Lipinski definition) is 5. The molecule has 2 aromatic carbocycles. The van der Waals surface area contributed by atoms with Crippen molar-refractivity contribution in [2.45, 2.75) is 57.8 Å². The molecule has 0 unspecified atom stereocenters.